The number of carbonyl (C=O) groups is 3. The fourth-order valence-corrected chi connectivity index (χ4v) is 2.38. The third-order valence-corrected chi connectivity index (χ3v) is 3.67. The maximum atomic E-state index is 12.5. The quantitative estimate of drug-likeness (QED) is 0.624. The Morgan fingerprint density at radius 3 is 2.28 bits per heavy atom. The predicted octanol–water partition coefficient (Wildman–Crippen LogP) is 1.36. The van der Waals surface area contributed by atoms with Crippen molar-refractivity contribution in [3.05, 3.63) is 35.4 Å². The molecular weight excluding hydrogens is 324 g/mol. The summed E-state index contributed by atoms with van der Waals surface area (Å²) in [5, 5.41) is 14.3. The first kappa shape index (κ1) is 20.6. The molecule has 0 saturated heterocycles. The number of hydrogen-bond donors (Lipinski definition) is 3. The summed E-state index contributed by atoms with van der Waals surface area (Å²) in [6.07, 6.45) is 0.392. The number of aliphatic carboxylic acids is 1. The molecule has 0 radical (unpaired) electrons. The zero-order valence-electron chi connectivity index (χ0n) is 15.0. The topological polar surface area (TPSA) is 105 Å². The molecule has 0 aliphatic rings. The molecule has 2 unspecified atom stereocenters. The van der Waals surface area contributed by atoms with Crippen LogP contribution in [0.3, 0.4) is 0 Å². The Balaban J connectivity index is 2.89. The largest absolute Gasteiger partial charge is 0.480 e. The third kappa shape index (κ3) is 6.54. The van der Waals surface area contributed by atoms with Gasteiger partial charge >= 0.3 is 5.97 Å². The van der Waals surface area contributed by atoms with Gasteiger partial charge in [0.05, 0.1) is 6.61 Å². The van der Waals surface area contributed by atoms with Crippen molar-refractivity contribution >= 4 is 17.8 Å². The van der Waals surface area contributed by atoms with E-state index in [9.17, 15) is 14.4 Å². The van der Waals surface area contributed by atoms with E-state index in [-0.39, 0.29) is 18.4 Å². The highest BCUT2D eigenvalue weighted by Crippen LogP contribution is 2.10. The van der Waals surface area contributed by atoms with E-state index in [1.54, 1.807) is 12.1 Å². The Morgan fingerprint density at radius 1 is 1.12 bits per heavy atom. The Bertz CT molecular complexity index is 615. The predicted molar refractivity (Wildman–Crippen MR) is 93.3 cm³/mol. The molecule has 2 amide bonds. The van der Waals surface area contributed by atoms with Crippen LogP contribution in [0, 0.1) is 12.8 Å². The fraction of sp³-hybridized carbons (Fsp3) is 0.500. The van der Waals surface area contributed by atoms with Gasteiger partial charge in [0.25, 0.3) is 5.91 Å². The number of amides is 2. The maximum absolute atomic E-state index is 12.5. The first-order chi connectivity index (χ1) is 11.8. The molecule has 1 aromatic carbocycles. The summed E-state index contributed by atoms with van der Waals surface area (Å²) in [7, 11) is 1.35. The van der Waals surface area contributed by atoms with Crippen molar-refractivity contribution in [1.29, 1.82) is 0 Å². The van der Waals surface area contributed by atoms with Gasteiger partial charge < -0.3 is 20.5 Å². The Labute approximate surface area is 147 Å². The standard InChI is InChI=1S/C18H26N2O5/c1-11(2)9-14(17(22)20-15(10-25-4)18(23)24)19-16(21)13-8-6-5-7-12(13)3/h5-8,11,14-15H,9-10H2,1-4H3,(H,19,21)(H,20,22)(H,23,24). The molecule has 2 atom stereocenters. The summed E-state index contributed by atoms with van der Waals surface area (Å²) in [5.74, 6) is -1.96. The summed E-state index contributed by atoms with van der Waals surface area (Å²) in [6, 6.07) is 5.07. The molecule has 7 heteroatoms. The molecule has 1 rings (SSSR count). The van der Waals surface area contributed by atoms with Gasteiger partial charge in [0.2, 0.25) is 5.91 Å². The van der Waals surface area contributed by atoms with E-state index in [1.165, 1.54) is 7.11 Å². The van der Waals surface area contributed by atoms with Gasteiger partial charge in [0, 0.05) is 12.7 Å². The van der Waals surface area contributed by atoms with E-state index in [2.05, 4.69) is 10.6 Å². The van der Waals surface area contributed by atoms with E-state index in [0.29, 0.717) is 12.0 Å². The summed E-state index contributed by atoms with van der Waals surface area (Å²) in [4.78, 5) is 36.1. The summed E-state index contributed by atoms with van der Waals surface area (Å²) in [5.41, 5.74) is 1.28. The normalized spacial score (nSPS) is 13.2. The molecule has 0 fully saturated rings. The highest BCUT2D eigenvalue weighted by Gasteiger charge is 2.27. The first-order valence-corrected chi connectivity index (χ1v) is 8.14. The van der Waals surface area contributed by atoms with Crippen LogP contribution in [-0.4, -0.2) is 48.7 Å². The highest BCUT2D eigenvalue weighted by molar-refractivity contribution is 5.99. The Hall–Kier alpha value is -2.41. The van der Waals surface area contributed by atoms with Crippen LogP contribution < -0.4 is 10.6 Å². The number of nitrogens with one attached hydrogen (secondary N) is 2. The lowest BCUT2D eigenvalue weighted by molar-refractivity contribution is -0.143. The fourth-order valence-electron chi connectivity index (χ4n) is 2.38. The van der Waals surface area contributed by atoms with E-state index < -0.39 is 24.0 Å². The molecule has 0 bridgehead atoms. The molecule has 25 heavy (non-hydrogen) atoms. The molecule has 0 heterocycles. The molecule has 0 saturated carbocycles. The lowest BCUT2D eigenvalue weighted by Crippen LogP contribution is -2.53. The van der Waals surface area contributed by atoms with Gasteiger partial charge in [-0.15, -0.1) is 0 Å². The molecule has 0 spiro atoms. The van der Waals surface area contributed by atoms with Crippen LogP contribution in [0.1, 0.15) is 36.2 Å². The van der Waals surface area contributed by atoms with Crippen LogP contribution in [0.25, 0.3) is 0 Å². The van der Waals surface area contributed by atoms with E-state index in [4.69, 9.17) is 9.84 Å². The monoisotopic (exact) mass is 350 g/mol. The lowest BCUT2D eigenvalue weighted by atomic mass is 10.0. The molecule has 3 N–H and O–H groups in total. The molecule has 0 aliphatic carbocycles. The summed E-state index contributed by atoms with van der Waals surface area (Å²) >= 11 is 0. The number of aryl methyl sites for hydroxylation is 1. The Morgan fingerprint density at radius 2 is 1.76 bits per heavy atom. The minimum absolute atomic E-state index is 0.138. The Kier molecular flexibility index (Phi) is 8.07. The van der Waals surface area contributed by atoms with Crippen molar-refractivity contribution in [2.45, 2.75) is 39.3 Å². The molecule has 0 aromatic heterocycles. The number of rotatable bonds is 9. The molecule has 1 aromatic rings. The second-order valence-electron chi connectivity index (χ2n) is 6.33. The average molecular weight is 350 g/mol. The van der Waals surface area contributed by atoms with Gasteiger partial charge in [0.15, 0.2) is 6.04 Å². The minimum Gasteiger partial charge on any atom is -0.480 e. The minimum atomic E-state index is -1.19. The number of carboxylic acids is 1. The summed E-state index contributed by atoms with van der Waals surface area (Å²) < 4.78 is 4.81. The van der Waals surface area contributed by atoms with Crippen molar-refractivity contribution in [3.63, 3.8) is 0 Å². The van der Waals surface area contributed by atoms with Crippen LogP contribution in [0.15, 0.2) is 24.3 Å². The van der Waals surface area contributed by atoms with Crippen molar-refractivity contribution in [3.8, 4) is 0 Å². The van der Waals surface area contributed by atoms with E-state index in [1.807, 2.05) is 32.9 Å². The second-order valence-corrected chi connectivity index (χ2v) is 6.33. The molecule has 7 nitrogen and oxygen atoms in total. The van der Waals surface area contributed by atoms with Gasteiger partial charge in [-0.2, -0.15) is 0 Å². The van der Waals surface area contributed by atoms with Crippen molar-refractivity contribution in [1.82, 2.24) is 10.6 Å². The SMILES string of the molecule is COCC(NC(=O)C(CC(C)C)NC(=O)c1ccccc1C)C(=O)O. The van der Waals surface area contributed by atoms with Crippen LogP contribution in [-0.2, 0) is 14.3 Å². The van der Waals surface area contributed by atoms with Crippen LogP contribution in [0.2, 0.25) is 0 Å². The van der Waals surface area contributed by atoms with Gasteiger partial charge in [0.1, 0.15) is 6.04 Å². The smallest absolute Gasteiger partial charge is 0.328 e. The third-order valence-electron chi connectivity index (χ3n) is 3.67. The van der Waals surface area contributed by atoms with Gasteiger partial charge in [-0.3, -0.25) is 9.59 Å². The van der Waals surface area contributed by atoms with Crippen LogP contribution >= 0.6 is 0 Å². The number of hydrogen-bond acceptors (Lipinski definition) is 4. The second kappa shape index (κ2) is 9.78. The van der Waals surface area contributed by atoms with E-state index >= 15 is 0 Å². The zero-order chi connectivity index (χ0) is 19.0. The van der Waals surface area contributed by atoms with E-state index in [0.717, 1.165) is 5.56 Å². The van der Waals surface area contributed by atoms with Crippen molar-refractivity contribution in [2.24, 2.45) is 5.92 Å². The molecular formula is C18H26N2O5. The van der Waals surface area contributed by atoms with Gasteiger partial charge in [-0.1, -0.05) is 32.0 Å². The van der Waals surface area contributed by atoms with Crippen molar-refractivity contribution < 1.29 is 24.2 Å². The number of ether oxygens (including phenoxy) is 1. The number of carboxylic acid groups (broad SMARTS) is 1. The molecule has 0 aliphatic heterocycles. The number of benzene rings is 1. The average Bonchev–Trinajstić information content (AvgIpc) is 2.53. The maximum Gasteiger partial charge on any atom is 0.328 e. The lowest BCUT2D eigenvalue weighted by Gasteiger charge is -2.22. The van der Waals surface area contributed by atoms with Crippen LogP contribution in [0.4, 0.5) is 0 Å². The van der Waals surface area contributed by atoms with Crippen LogP contribution in [0.5, 0.6) is 0 Å². The number of methoxy groups -OCH3 is 1. The van der Waals surface area contributed by atoms with Gasteiger partial charge in [-0.25, -0.2) is 4.79 Å². The highest BCUT2D eigenvalue weighted by atomic mass is 16.5. The van der Waals surface area contributed by atoms with Gasteiger partial charge in [-0.05, 0) is 30.9 Å². The first-order valence-electron chi connectivity index (χ1n) is 8.14. The zero-order valence-corrected chi connectivity index (χ0v) is 15.0. The number of carbonyl (C=O) groups excluding carboxylic acids is 2. The molecule has 138 valence electrons. The summed E-state index contributed by atoms with van der Waals surface area (Å²) in [6.45, 7) is 5.50. The van der Waals surface area contributed by atoms with Crippen molar-refractivity contribution in [2.75, 3.05) is 13.7 Å².